The maximum absolute atomic E-state index is 12.0. The number of aliphatic hydroxyl groups excluding tert-OH is 2. The van der Waals surface area contributed by atoms with Crippen molar-refractivity contribution in [2.45, 2.75) is 36.8 Å². The zero-order chi connectivity index (χ0) is 20.2. The van der Waals surface area contributed by atoms with Gasteiger partial charge in [0.25, 0.3) is 0 Å². The molecule has 2 atom stereocenters. The average molecular weight is 382 g/mol. The Kier molecular flexibility index (Phi) is 6.42. The van der Waals surface area contributed by atoms with E-state index in [1.165, 1.54) is 25.3 Å². The monoisotopic (exact) mass is 382 g/mol. The summed E-state index contributed by atoms with van der Waals surface area (Å²) < 4.78 is 14.5. The summed E-state index contributed by atoms with van der Waals surface area (Å²) in [6, 6.07) is 4.44. The fourth-order valence-corrected chi connectivity index (χ4v) is 2.91. The van der Waals surface area contributed by atoms with Crippen LogP contribution >= 0.6 is 0 Å². The lowest BCUT2D eigenvalue weighted by Crippen LogP contribution is -2.57. The second-order valence-corrected chi connectivity index (χ2v) is 6.23. The molecule has 0 aliphatic heterocycles. The summed E-state index contributed by atoms with van der Waals surface area (Å²) >= 11 is 0. The molecule has 1 aliphatic rings. The molecular weight excluding hydrogens is 360 g/mol. The van der Waals surface area contributed by atoms with E-state index in [0.29, 0.717) is 5.56 Å². The van der Waals surface area contributed by atoms with E-state index in [4.69, 9.17) is 9.47 Å². The number of rotatable bonds is 5. The second kappa shape index (κ2) is 8.38. The molecular formula is C18H22O9. The Morgan fingerprint density at radius 1 is 1.19 bits per heavy atom. The number of esters is 2. The molecule has 1 aliphatic carbocycles. The SMILES string of the molecule is COC(=O)C1(O)C[C@H](O)C(OC(=O)/C=C/c2ccc(O)c(OC)c2)[C@@H](O)C1. The number of methoxy groups -OCH3 is 2. The van der Waals surface area contributed by atoms with Gasteiger partial charge in [0.1, 0.15) is 0 Å². The van der Waals surface area contributed by atoms with Gasteiger partial charge >= 0.3 is 11.9 Å². The lowest BCUT2D eigenvalue weighted by atomic mass is 9.79. The molecule has 4 N–H and O–H groups in total. The Labute approximate surface area is 155 Å². The van der Waals surface area contributed by atoms with Crippen LogP contribution in [0.4, 0.5) is 0 Å². The van der Waals surface area contributed by atoms with Gasteiger partial charge in [-0.15, -0.1) is 0 Å². The molecule has 27 heavy (non-hydrogen) atoms. The highest BCUT2D eigenvalue weighted by Gasteiger charge is 2.50. The van der Waals surface area contributed by atoms with Gasteiger partial charge in [-0.2, -0.15) is 0 Å². The smallest absolute Gasteiger partial charge is 0.338 e. The molecule has 0 amide bonds. The highest BCUT2D eigenvalue weighted by molar-refractivity contribution is 5.87. The minimum Gasteiger partial charge on any atom is -0.504 e. The van der Waals surface area contributed by atoms with Crippen LogP contribution in [0.2, 0.25) is 0 Å². The van der Waals surface area contributed by atoms with Crippen LogP contribution in [0.3, 0.4) is 0 Å². The molecule has 0 unspecified atom stereocenters. The van der Waals surface area contributed by atoms with Gasteiger partial charge in [-0.05, 0) is 23.8 Å². The van der Waals surface area contributed by atoms with E-state index in [9.17, 15) is 30.0 Å². The molecule has 0 spiro atoms. The van der Waals surface area contributed by atoms with Crippen molar-refractivity contribution in [3.63, 3.8) is 0 Å². The van der Waals surface area contributed by atoms with Gasteiger partial charge in [0.05, 0.1) is 26.4 Å². The minimum atomic E-state index is -2.05. The van der Waals surface area contributed by atoms with Crippen molar-refractivity contribution in [2.75, 3.05) is 14.2 Å². The van der Waals surface area contributed by atoms with E-state index in [1.807, 2.05) is 0 Å². The first-order chi connectivity index (χ1) is 12.7. The van der Waals surface area contributed by atoms with E-state index in [-0.39, 0.29) is 11.5 Å². The van der Waals surface area contributed by atoms with Crippen molar-refractivity contribution in [3.8, 4) is 11.5 Å². The van der Waals surface area contributed by atoms with Gasteiger partial charge in [0.15, 0.2) is 23.2 Å². The number of aromatic hydroxyl groups is 1. The lowest BCUT2D eigenvalue weighted by molar-refractivity contribution is -0.198. The number of hydrogen-bond acceptors (Lipinski definition) is 9. The van der Waals surface area contributed by atoms with E-state index < -0.39 is 48.7 Å². The minimum absolute atomic E-state index is 0.0521. The van der Waals surface area contributed by atoms with Crippen LogP contribution in [0, 0.1) is 0 Å². The molecule has 9 heteroatoms. The number of hydrogen-bond donors (Lipinski definition) is 4. The summed E-state index contributed by atoms with van der Waals surface area (Å²) in [5.74, 6) is -1.64. The van der Waals surface area contributed by atoms with Crippen molar-refractivity contribution < 1.29 is 44.2 Å². The Balaban J connectivity index is 2.02. The number of phenols is 1. The van der Waals surface area contributed by atoms with Crippen LogP contribution in [0.25, 0.3) is 6.08 Å². The molecule has 9 nitrogen and oxygen atoms in total. The maximum atomic E-state index is 12.0. The standard InChI is InChI=1S/C18H22O9/c1-25-14-7-10(3-5-11(14)19)4-6-15(22)27-16-12(20)8-18(24,9-13(16)21)17(23)26-2/h3-7,12-13,16,19-21,24H,8-9H2,1-2H3/b6-4+/t12-,13-,16?,18?/m0/s1. The molecule has 0 aromatic heterocycles. The van der Waals surface area contributed by atoms with Crippen LogP contribution in [0.15, 0.2) is 24.3 Å². The van der Waals surface area contributed by atoms with Crippen LogP contribution in [0.1, 0.15) is 18.4 Å². The first kappa shape index (κ1) is 20.7. The van der Waals surface area contributed by atoms with Crippen molar-refractivity contribution in [1.29, 1.82) is 0 Å². The van der Waals surface area contributed by atoms with Gasteiger partial charge < -0.3 is 34.6 Å². The first-order valence-corrected chi connectivity index (χ1v) is 8.13. The number of carbonyl (C=O) groups excluding carboxylic acids is 2. The summed E-state index contributed by atoms with van der Waals surface area (Å²) in [5.41, 5.74) is -1.50. The largest absolute Gasteiger partial charge is 0.504 e. The summed E-state index contributed by atoms with van der Waals surface area (Å²) in [4.78, 5) is 23.6. The maximum Gasteiger partial charge on any atom is 0.338 e. The predicted molar refractivity (Wildman–Crippen MR) is 91.8 cm³/mol. The van der Waals surface area contributed by atoms with Crippen LogP contribution in [-0.4, -0.2) is 70.5 Å². The molecule has 0 bridgehead atoms. The Bertz CT molecular complexity index is 716. The average Bonchev–Trinajstić information content (AvgIpc) is 2.63. The number of aliphatic hydroxyl groups is 3. The molecule has 0 saturated heterocycles. The second-order valence-electron chi connectivity index (χ2n) is 6.23. The predicted octanol–water partition coefficient (Wildman–Crippen LogP) is -0.255. The normalized spacial score (nSPS) is 28.0. The van der Waals surface area contributed by atoms with Gasteiger partial charge in [0, 0.05) is 18.9 Å². The summed E-state index contributed by atoms with van der Waals surface area (Å²) in [6.07, 6.45) is -2.61. The fourth-order valence-electron chi connectivity index (χ4n) is 2.91. The molecule has 1 saturated carbocycles. The van der Waals surface area contributed by atoms with Gasteiger partial charge in [-0.25, -0.2) is 9.59 Å². The van der Waals surface area contributed by atoms with Gasteiger partial charge in [0.2, 0.25) is 0 Å². The number of carbonyl (C=O) groups is 2. The fraction of sp³-hybridized carbons (Fsp3) is 0.444. The third-order valence-corrected chi connectivity index (χ3v) is 4.29. The van der Waals surface area contributed by atoms with Crippen LogP contribution < -0.4 is 4.74 Å². The quantitative estimate of drug-likeness (QED) is 0.400. The number of ether oxygens (including phenoxy) is 3. The Morgan fingerprint density at radius 2 is 1.81 bits per heavy atom. The summed E-state index contributed by atoms with van der Waals surface area (Å²) in [7, 11) is 2.46. The van der Waals surface area contributed by atoms with E-state index in [0.717, 1.165) is 13.2 Å². The highest BCUT2D eigenvalue weighted by Crippen LogP contribution is 2.32. The van der Waals surface area contributed by atoms with Crippen LogP contribution in [-0.2, 0) is 19.1 Å². The van der Waals surface area contributed by atoms with E-state index >= 15 is 0 Å². The van der Waals surface area contributed by atoms with Gasteiger partial charge in [-0.3, -0.25) is 0 Å². The van der Waals surface area contributed by atoms with Gasteiger partial charge in [-0.1, -0.05) is 6.07 Å². The number of benzene rings is 1. The van der Waals surface area contributed by atoms with Crippen molar-refractivity contribution in [3.05, 3.63) is 29.8 Å². The topological polar surface area (TPSA) is 143 Å². The summed E-state index contributed by atoms with van der Waals surface area (Å²) in [5, 5.41) is 39.9. The number of phenolic OH excluding ortho intramolecular Hbond substituents is 1. The molecule has 2 rings (SSSR count). The lowest BCUT2D eigenvalue weighted by Gasteiger charge is -2.39. The zero-order valence-electron chi connectivity index (χ0n) is 14.9. The Hall–Kier alpha value is -2.62. The molecule has 1 fully saturated rings. The van der Waals surface area contributed by atoms with E-state index in [2.05, 4.69) is 4.74 Å². The van der Waals surface area contributed by atoms with Crippen molar-refractivity contribution in [2.24, 2.45) is 0 Å². The van der Waals surface area contributed by atoms with Crippen LogP contribution in [0.5, 0.6) is 11.5 Å². The van der Waals surface area contributed by atoms with Crippen molar-refractivity contribution in [1.82, 2.24) is 0 Å². The molecule has 0 radical (unpaired) electrons. The van der Waals surface area contributed by atoms with E-state index in [1.54, 1.807) is 6.07 Å². The third-order valence-electron chi connectivity index (χ3n) is 4.29. The molecule has 1 aromatic rings. The summed E-state index contributed by atoms with van der Waals surface area (Å²) in [6.45, 7) is 0. The molecule has 1 aromatic carbocycles. The van der Waals surface area contributed by atoms with Crippen molar-refractivity contribution >= 4 is 18.0 Å². The first-order valence-electron chi connectivity index (χ1n) is 8.13. The Morgan fingerprint density at radius 3 is 2.37 bits per heavy atom. The highest BCUT2D eigenvalue weighted by atomic mass is 16.6. The molecule has 148 valence electrons. The third kappa shape index (κ3) is 4.76. The zero-order valence-corrected chi connectivity index (χ0v) is 14.9. The molecule has 0 heterocycles.